The Morgan fingerprint density at radius 1 is 1.29 bits per heavy atom. The highest BCUT2D eigenvalue weighted by Crippen LogP contribution is 2.33. The van der Waals surface area contributed by atoms with E-state index in [0.717, 1.165) is 30.4 Å². The molecule has 2 aliphatic rings. The van der Waals surface area contributed by atoms with Crippen molar-refractivity contribution in [1.82, 2.24) is 4.90 Å². The van der Waals surface area contributed by atoms with Crippen molar-refractivity contribution in [3.05, 3.63) is 47.5 Å². The molecular formula is C15H17NO. The minimum absolute atomic E-state index is 0.208. The van der Waals surface area contributed by atoms with Gasteiger partial charge in [-0.2, -0.15) is 0 Å². The van der Waals surface area contributed by atoms with Crippen LogP contribution in [-0.2, 0) is 0 Å². The third-order valence-electron chi connectivity index (χ3n) is 3.92. The molecule has 2 unspecified atom stereocenters. The van der Waals surface area contributed by atoms with Crippen molar-refractivity contribution in [1.29, 1.82) is 0 Å². The van der Waals surface area contributed by atoms with Crippen LogP contribution in [0, 0.1) is 6.92 Å². The van der Waals surface area contributed by atoms with E-state index in [2.05, 4.69) is 17.1 Å². The minimum Gasteiger partial charge on any atom is -0.329 e. The second kappa shape index (κ2) is 4.02. The number of carbonyl (C=O) groups is 1. The molecule has 1 aromatic carbocycles. The highest BCUT2D eigenvalue weighted by atomic mass is 16.2. The fourth-order valence-electron chi connectivity index (χ4n) is 2.99. The summed E-state index contributed by atoms with van der Waals surface area (Å²) < 4.78 is 0. The lowest BCUT2D eigenvalue weighted by molar-refractivity contribution is 0.0688. The Hall–Kier alpha value is -1.57. The number of hydrogen-bond acceptors (Lipinski definition) is 1. The highest BCUT2D eigenvalue weighted by molar-refractivity contribution is 5.96. The molecule has 0 spiro atoms. The highest BCUT2D eigenvalue weighted by Gasteiger charge is 2.37. The van der Waals surface area contributed by atoms with Gasteiger partial charge in [-0.15, -0.1) is 0 Å². The second-order valence-corrected chi connectivity index (χ2v) is 4.99. The molecule has 1 saturated heterocycles. The third-order valence-corrected chi connectivity index (χ3v) is 3.92. The molecule has 2 nitrogen and oxygen atoms in total. The van der Waals surface area contributed by atoms with Gasteiger partial charge in [-0.05, 0) is 37.8 Å². The van der Waals surface area contributed by atoms with Gasteiger partial charge in [0.15, 0.2) is 0 Å². The number of rotatable bonds is 1. The minimum atomic E-state index is 0.208. The maximum absolute atomic E-state index is 12.6. The van der Waals surface area contributed by atoms with Crippen LogP contribution in [0.2, 0.25) is 0 Å². The summed E-state index contributed by atoms with van der Waals surface area (Å²) in [5, 5.41) is 0. The molecule has 0 radical (unpaired) electrons. The van der Waals surface area contributed by atoms with Gasteiger partial charge in [0.2, 0.25) is 0 Å². The summed E-state index contributed by atoms with van der Waals surface area (Å²) >= 11 is 0. The van der Waals surface area contributed by atoms with E-state index in [9.17, 15) is 4.79 Å². The number of fused-ring (bicyclic) bond motifs is 2. The van der Waals surface area contributed by atoms with Crippen molar-refractivity contribution in [2.45, 2.75) is 38.3 Å². The maximum Gasteiger partial charge on any atom is 0.254 e. The number of aryl methyl sites for hydroxylation is 1. The van der Waals surface area contributed by atoms with Gasteiger partial charge in [0, 0.05) is 11.6 Å². The summed E-state index contributed by atoms with van der Waals surface area (Å²) in [5.41, 5.74) is 1.94. The van der Waals surface area contributed by atoms with E-state index < -0.39 is 0 Å². The number of benzene rings is 1. The quantitative estimate of drug-likeness (QED) is 0.675. The maximum atomic E-state index is 12.6. The Labute approximate surface area is 102 Å². The Balaban J connectivity index is 1.93. The number of hydrogen-bond donors (Lipinski definition) is 0. The molecule has 2 bridgehead atoms. The zero-order valence-electron chi connectivity index (χ0n) is 10.1. The molecule has 17 heavy (non-hydrogen) atoms. The lowest BCUT2D eigenvalue weighted by Gasteiger charge is -2.32. The van der Waals surface area contributed by atoms with Crippen molar-refractivity contribution < 1.29 is 4.79 Å². The van der Waals surface area contributed by atoms with Crippen LogP contribution in [0.1, 0.15) is 35.2 Å². The molecule has 88 valence electrons. The zero-order chi connectivity index (χ0) is 11.8. The predicted octanol–water partition coefficient (Wildman–Crippen LogP) is 2.93. The average molecular weight is 227 g/mol. The lowest BCUT2D eigenvalue weighted by Crippen LogP contribution is -2.42. The zero-order valence-corrected chi connectivity index (χ0v) is 10.1. The Morgan fingerprint density at radius 2 is 2.12 bits per heavy atom. The van der Waals surface area contributed by atoms with E-state index in [4.69, 9.17) is 0 Å². The molecule has 2 heteroatoms. The predicted molar refractivity (Wildman–Crippen MR) is 67.9 cm³/mol. The van der Waals surface area contributed by atoms with Gasteiger partial charge in [0.1, 0.15) is 0 Å². The summed E-state index contributed by atoms with van der Waals surface area (Å²) in [6.45, 7) is 2.01. The molecule has 1 fully saturated rings. The molecule has 3 rings (SSSR count). The Kier molecular flexibility index (Phi) is 2.50. The standard InChI is InChI=1S/C15H17NO/c1-11-5-2-3-8-14(11)15(17)16-12-6-4-7-13(16)10-9-12/h2-6,8,12-13H,7,9-10H2,1H3. The van der Waals surface area contributed by atoms with Crippen LogP contribution >= 0.6 is 0 Å². The Bertz CT molecular complexity index is 478. The second-order valence-electron chi connectivity index (χ2n) is 4.99. The lowest BCUT2D eigenvalue weighted by atomic mass is 10.0. The van der Waals surface area contributed by atoms with E-state index in [-0.39, 0.29) is 5.91 Å². The molecule has 0 aromatic heterocycles. The Morgan fingerprint density at radius 3 is 2.88 bits per heavy atom. The van der Waals surface area contributed by atoms with Gasteiger partial charge in [0.25, 0.3) is 5.91 Å². The first-order chi connectivity index (χ1) is 8.27. The fourth-order valence-corrected chi connectivity index (χ4v) is 2.99. The average Bonchev–Trinajstić information content (AvgIpc) is 2.59. The number of carbonyl (C=O) groups excluding carboxylic acids is 1. The van der Waals surface area contributed by atoms with E-state index in [1.54, 1.807) is 0 Å². The van der Waals surface area contributed by atoms with Crippen molar-refractivity contribution in [3.63, 3.8) is 0 Å². The molecule has 1 aromatic rings. The molecule has 0 saturated carbocycles. The first-order valence-electron chi connectivity index (χ1n) is 6.32. The summed E-state index contributed by atoms with van der Waals surface area (Å²) in [5.74, 6) is 0.208. The number of nitrogens with zero attached hydrogens (tertiary/aromatic N) is 1. The molecule has 0 aliphatic carbocycles. The van der Waals surface area contributed by atoms with Crippen LogP contribution in [0.5, 0.6) is 0 Å². The van der Waals surface area contributed by atoms with Gasteiger partial charge in [0.05, 0.1) is 6.04 Å². The van der Waals surface area contributed by atoms with E-state index in [1.807, 2.05) is 31.2 Å². The van der Waals surface area contributed by atoms with Crippen molar-refractivity contribution in [3.8, 4) is 0 Å². The molecule has 2 heterocycles. The van der Waals surface area contributed by atoms with Crippen LogP contribution in [-0.4, -0.2) is 22.9 Å². The van der Waals surface area contributed by atoms with Gasteiger partial charge in [-0.25, -0.2) is 0 Å². The molecular weight excluding hydrogens is 210 g/mol. The van der Waals surface area contributed by atoms with Crippen molar-refractivity contribution in [2.24, 2.45) is 0 Å². The van der Waals surface area contributed by atoms with Crippen LogP contribution in [0.3, 0.4) is 0 Å². The van der Waals surface area contributed by atoms with Crippen molar-refractivity contribution >= 4 is 5.91 Å². The van der Waals surface area contributed by atoms with E-state index in [1.165, 1.54) is 0 Å². The van der Waals surface area contributed by atoms with Crippen molar-refractivity contribution in [2.75, 3.05) is 0 Å². The summed E-state index contributed by atoms with van der Waals surface area (Å²) in [6.07, 6.45) is 7.71. The van der Waals surface area contributed by atoms with E-state index >= 15 is 0 Å². The van der Waals surface area contributed by atoms with Crippen LogP contribution < -0.4 is 0 Å². The number of amides is 1. The summed E-state index contributed by atoms with van der Waals surface area (Å²) in [7, 11) is 0. The van der Waals surface area contributed by atoms with Gasteiger partial charge >= 0.3 is 0 Å². The topological polar surface area (TPSA) is 20.3 Å². The third kappa shape index (κ3) is 1.68. The first-order valence-corrected chi connectivity index (χ1v) is 6.32. The van der Waals surface area contributed by atoms with Crippen LogP contribution in [0.4, 0.5) is 0 Å². The van der Waals surface area contributed by atoms with Gasteiger partial charge in [-0.1, -0.05) is 30.4 Å². The van der Waals surface area contributed by atoms with E-state index in [0.29, 0.717) is 12.1 Å². The molecule has 0 N–H and O–H groups in total. The largest absolute Gasteiger partial charge is 0.329 e. The molecule has 2 aliphatic heterocycles. The van der Waals surface area contributed by atoms with Crippen LogP contribution in [0.15, 0.2) is 36.4 Å². The van der Waals surface area contributed by atoms with Gasteiger partial charge < -0.3 is 4.90 Å². The molecule has 1 amide bonds. The normalized spacial score (nSPS) is 26.3. The smallest absolute Gasteiger partial charge is 0.254 e. The monoisotopic (exact) mass is 227 g/mol. The SMILES string of the molecule is Cc1ccccc1C(=O)N1C2C=CCC1CC2. The van der Waals surface area contributed by atoms with Gasteiger partial charge in [-0.3, -0.25) is 4.79 Å². The van der Waals surface area contributed by atoms with Crippen LogP contribution in [0.25, 0.3) is 0 Å². The summed E-state index contributed by atoms with van der Waals surface area (Å²) in [4.78, 5) is 14.7. The fraction of sp³-hybridized carbons (Fsp3) is 0.400. The first kappa shape index (κ1) is 10.6. The summed E-state index contributed by atoms with van der Waals surface area (Å²) in [6, 6.07) is 8.64. The molecule has 2 atom stereocenters.